The van der Waals surface area contributed by atoms with E-state index in [4.69, 9.17) is 5.73 Å². The summed E-state index contributed by atoms with van der Waals surface area (Å²) in [5, 5.41) is 11.0. The molecule has 1 aromatic carbocycles. The zero-order valence-corrected chi connectivity index (χ0v) is 12.0. The SMILES string of the molecule is Cn1cnnc1-c1ccccc1NC(=O)C1(CN)CCC1. The fraction of sp³-hybridized carbons (Fsp3) is 0.400. The van der Waals surface area contributed by atoms with Crippen LogP contribution >= 0.6 is 0 Å². The third kappa shape index (κ3) is 2.31. The Morgan fingerprint density at radius 1 is 1.43 bits per heavy atom. The van der Waals surface area contributed by atoms with Crippen LogP contribution in [0.5, 0.6) is 0 Å². The minimum atomic E-state index is -0.396. The van der Waals surface area contributed by atoms with Crippen molar-refractivity contribution in [3.05, 3.63) is 30.6 Å². The van der Waals surface area contributed by atoms with Crippen LogP contribution in [0.2, 0.25) is 0 Å². The average molecular weight is 285 g/mol. The topological polar surface area (TPSA) is 85.8 Å². The van der Waals surface area contributed by atoms with Crippen LogP contribution in [0.1, 0.15) is 19.3 Å². The Kier molecular flexibility index (Phi) is 3.47. The van der Waals surface area contributed by atoms with E-state index in [0.717, 1.165) is 36.3 Å². The number of aromatic nitrogens is 3. The molecule has 3 N–H and O–H groups in total. The minimum Gasteiger partial charge on any atom is -0.329 e. The Labute approximate surface area is 123 Å². The summed E-state index contributed by atoms with van der Waals surface area (Å²) >= 11 is 0. The molecule has 1 amide bonds. The zero-order valence-electron chi connectivity index (χ0n) is 12.0. The second-order valence-electron chi connectivity index (χ2n) is 5.60. The van der Waals surface area contributed by atoms with Gasteiger partial charge < -0.3 is 15.6 Å². The standard InChI is InChI=1S/C15H19N5O/c1-20-10-17-19-13(20)11-5-2-3-6-12(11)18-14(21)15(9-16)7-4-8-15/h2-3,5-6,10H,4,7-9,16H2,1H3,(H,18,21). The lowest BCUT2D eigenvalue weighted by atomic mass is 9.68. The van der Waals surface area contributed by atoms with Crippen molar-refractivity contribution in [1.82, 2.24) is 14.8 Å². The number of anilines is 1. The van der Waals surface area contributed by atoms with Gasteiger partial charge in [-0.3, -0.25) is 4.79 Å². The first-order valence-corrected chi connectivity index (χ1v) is 7.11. The van der Waals surface area contributed by atoms with Gasteiger partial charge in [0.05, 0.1) is 11.1 Å². The van der Waals surface area contributed by atoms with Crippen molar-refractivity contribution in [3.8, 4) is 11.4 Å². The number of benzene rings is 1. The van der Waals surface area contributed by atoms with E-state index in [-0.39, 0.29) is 5.91 Å². The normalized spacial score (nSPS) is 16.3. The van der Waals surface area contributed by atoms with E-state index in [0.29, 0.717) is 6.54 Å². The van der Waals surface area contributed by atoms with Crippen molar-refractivity contribution in [2.75, 3.05) is 11.9 Å². The summed E-state index contributed by atoms with van der Waals surface area (Å²) in [6.07, 6.45) is 4.43. The number of aryl methyl sites for hydroxylation is 1. The van der Waals surface area contributed by atoms with Gasteiger partial charge in [0, 0.05) is 19.2 Å². The van der Waals surface area contributed by atoms with Crippen molar-refractivity contribution in [3.63, 3.8) is 0 Å². The molecule has 3 rings (SSSR count). The molecule has 0 unspecified atom stereocenters. The lowest BCUT2D eigenvalue weighted by Crippen LogP contribution is -2.47. The molecule has 1 heterocycles. The van der Waals surface area contributed by atoms with Gasteiger partial charge in [0.25, 0.3) is 0 Å². The number of carbonyl (C=O) groups is 1. The van der Waals surface area contributed by atoms with Crippen molar-refractivity contribution in [2.45, 2.75) is 19.3 Å². The predicted octanol–water partition coefficient (Wildman–Crippen LogP) is 1.55. The van der Waals surface area contributed by atoms with Gasteiger partial charge in [0.2, 0.25) is 5.91 Å². The summed E-state index contributed by atoms with van der Waals surface area (Å²) < 4.78 is 1.83. The van der Waals surface area contributed by atoms with Gasteiger partial charge in [0.15, 0.2) is 5.82 Å². The summed E-state index contributed by atoms with van der Waals surface area (Å²) in [5.41, 5.74) is 7.00. The van der Waals surface area contributed by atoms with E-state index in [9.17, 15) is 4.79 Å². The molecule has 0 radical (unpaired) electrons. The highest BCUT2D eigenvalue weighted by atomic mass is 16.2. The second kappa shape index (κ2) is 5.29. The average Bonchev–Trinajstić information content (AvgIpc) is 2.85. The number of carbonyl (C=O) groups excluding carboxylic acids is 1. The Morgan fingerprint density at radius 2 is 2.19 bits per heavy atom. The van der Waals surface area contributed by atoms with E-state index in [1.807, 2.05) is 35.9 Å². The first-order chi connectivity index (χ1) is 10.2. The highest BCUT2D eigenvalue weighted by molar-refractivity contribution is 5.99. The Bertz CT molecular complexity index is 654. The molecule has 2 aromatic rings. The predicted molar refractivity (Wildman–Crippen MR) is 80.4 cm³/mol. The summed E-state index contributed by atoms with van der Waals surface area (Å²) in [5.74, 6) is 0.729. The molecule has 0 aliphatic heterocycles. The molecule has 1 aromatic heterocycles. The number of hydrogen-bond acceptors (Lipinski definition) is 4. The van der Waals surface area contributed by atoms with Gasteiger partial charge in [0.1, 0.15) is 6.33 Å². The molecule has 110 valence electrons. The van der Waals surface area contributed by atoms with Crippen LogP contribution in [0.15, 0.2) is 30.6 Å². The van der Waals surface area contributed by atoms with E-state index in [1.165, 1.54) is 0 Å². The van der Waals surface area contributed by atoms with E-state index < -0.39 is 5.41 Å². The molecule has 1 saturated carbocycles. The number of amides is 1. The molecule has 6 heteroatoms. The molecule has 0 bridgehead atoms. The van der Waals surface area contributed by atoms with Crippen LogP contribution in [0, 0.1) is 5.41 Å². The van der Waals surface area contributed by atoms with Crippen molar-refractivity contribution >= 4 is 11.6 Å². The smallest absolute Gasteiger partial charge is 0.231 e. The fourth-order valence-corrected chi connectivity index (χ4v) is 2.70. The van der Waals surface area contributed by atoms with Gasteiger partial charge in [-0.15, -0.1) is 10.2 Å². The molecule has 0 atom stereocenters. The van der Waals surface area contributed by atoms with Crippen LogP contribution in [0.4, 0.5) is 5.69 Å². The first kappa shape index (κ1) is 13.8. The largest absolute Gasteiger partial charge is 0.329 e. The highest BCUT2D eigenvalue weighted by Gasteiger charge is 2.43. The van der Waals surface area contributed by atoms with Gasteiger partial charge in [-0.25, -0.2) is 0 Å². The third-order valence-electron chi connectivity index (χ3n) is 4.31. The number of nitrogens with two attached hydrogens (primary N) is 1. The number of nitrogens with zero attached hydrogens (tertiary/aromatic N) is 3. The minimum absolute atomic E-state index is 0.00543. The highest BCUT2D eigenvalue weighted by Crippen LogP contribution is 2.41. The first-order valence-electron chi connectivity index (χ1n) is 7.11. The number of para-hydroxylation sites is 1. The summed E-state index contributed by atoms with van der Waals surface area (Å²) in [6.45, 7) is 0.394. The summed E-state index contributed by atoms with van der Waals surface area (Å²) in [6, 6.07) is 7.62. The molecule has 0 spiro atoms. The second-order valence-corrected chi connectivity index (χ2v) is 5.60. The van der Waals surface area contributed by atoms with Crippen molar-refractivity contribution in [1.29, 1.82) is 0 Å². The lowest BCUT2D eigenvalue weighted by molar-refractivity contribution is -0.129. The summed E-state index contributed by atoms with van der Waals surface area (Å²) in [7, 11) is 1.88. The summed E-state index contributed by atoms with van der Waals surface area (Å²) in [4.78, 5) is 12.5. The van der Waals surface area contributed by atoms with Crippen LogP contribution in [-0.2, 0) is 11.8 Å². The molecular weight excluding hydrogens is 266 g/mol. The van der Waals surface area contributed by atoms with Crippen LogP contribution < -0.4 is 11.1 Å². The third-order valence-corrected chi connectivity index (χ3v) is 4.31. The van der Waals surface area contributed by atoms with Gasteiger partial charge in [-0.1, -0.05) is 18.6 Å². The van der Waals surface area contributed by atoms with E-state index in [2.05, 4.69) is 15.5 Å². The van der Waals surface area contributed by atoms with E-state index >= 15 is 0 Å². The van der Waals surface area contributed by atoms with Gasteiger partial charge in [-0.2, -0.15) is 0 Å². The Hall–Kier alpha value is -2.21. The quantitative estimate of drug-likeness (QED) is 0.892. The zero-order chi connectivity index (χ0) is 14.9. The molecule has 1 aliphatic carbocycles. The molecule has 1 fully saturated rings. The van der Waals surface area contributed by atoms with Crippen molar-refractivity contribution < 1.29 is 4.79 Å². The van der Waals surface area contributed by atoms with Gasteiger partial charge >= 0.3 is 0 Å². The number of hydrogen-bond donors (Lipinski definition) is 2. The fourth-order valence-electron chi connectivity index (χ4n) is 2.70. The molecular formula is C15H19N5O. The lowest BCUT2D eigenvalue weighted by Gasteiger charge is -2.39. The maximum absolute atomic E-state index is 12.5. The Morgan fingerprint density at radius 3 is 2.76 bits per heavy atom. The van der Waals surface area contributed by atoms with Gasteiger partial charge in [-0.05, 0) is 25.0 Å². The molecule has 0 saturated heterocycles. The molecule has 6 nitrogen and oxygen atoms in total. The van der Waals surface area contributed by atoms with E-state index in [1.54, 1.807) is 6.33 Å². The maximum Gasteiger partial charge on any atom is 0.231 e. The van der Waals surface area contributed by atoms with Crippen LogP contribution in [0.25, 0.3) is 11.4 Å². The number of nitrogens with one attached hydrogen (secondary N) is 1. The maximum atomic E-state index is 12.5. The monoisotopic (exact) mass is 285 g/mol. The van der Waals surface area contributed by atoms with Crippen molar-refractivity contribution in [2.24, 2.45) is 18.2 Å². The molecule has 1 aliphatic rings. The Balaban J connectivity index is 1.90. The number of rotatable bonds is 4. The van der Waals surface area contributed by atoms with Crippen LogP contribution in [-0.4, -0.2) is 27.2 Å². The van der Waals surface area contributed by atoms with Crippen LogP contribution in [0.3, 0.4) is 0 Å². The molecule has 21 heavy (non-hydrogen) atoms.